The average molecular weight is 304 g/mol. The van der Waals surface area contributed by atoms with E-state index >= 15 is 0 Å². The fraction of sp³-hybridized carbons (Fsp3) is 0.667. The molecule has 3 N–H and O–H groups in total. The summed E-state index contributed by atoms with van der Waals surface area (Å²) in [5.41, 5.74) is 0. The van der Waals surface area contributed by atoms with Crippen LogP contribution in [-0.4, -0.2) is 65.3 Å². The van der Waals surface area contributed by atoms with E-state index in [1.54, 1.807) is 6.92 Å². The first-order valence-electron chi connectivity index (χ1n) is 6.39. The van der Waals surface area contributed by atoms with Crippen LogP contribution in [0.15, 0.2) is 0 Å². The van der Waals surface area contributed by atoms with Gasteiger partial charge in [-0.1, -0.05) is 0 Å². The molecule has 0 aliphatic carbocycles. The third kappa shape index (κ3) is 8.45. The van der Waals surface area contributed by atoms with Gasteiger partial charge in [0.2, 0.25) is 0 Å². The van der Waals surface area contributed by atoms with Crippen molar-refractivity contribution in [3.8, 4) is 0 Å². The van der Waals surface area contributed by atoms with Crippen molar-refractivity contribution in [3.63, 3.8) is 0 Å². The molecule has 0 rings (SSSR count). The number of amides is 2. The minimum absolute atomic E-state index is 0.0133. The summed E-state index contributed by atoms with van der Waals surface area (Å²) in [7, 11) is 1.32. The standard InChI is InChI=1S/C12H20N2O7/c1-3-21-10(17)7-14(2)12(20)13-8(11(18)19)5-4-6-9(15)16/h8H,3-7H2,1-2H3,(H,13,20)(H,15,16)(H,18,19)/t8-/m1/s1. The minimum atomic E-state index is -1.27. The molecule has 2 amide bonds. The molecule has 1 atom stereocenters. The highest BCUT2D eigenvalue weighted by molar-refractivity contribution is 5.85. The van der Waals surface area contributed by atoms with Crippen molar-refractivity contribution in [2.75, 3.05) is 20.2 Å². The lowest BCUT2D eigenvalue weighted by Gasteiger charge is -2.20. The van der Waals surface area contributed by atoms with Crippen molar-refractivity contribution in [1.82, 2.24) is 10.2 Å². The summed E-state index contributed by atoms with van der Waals surface area (Å²) in [6.07, 6.45) is -0.0763. The van der Waals surface area contributed by atoms with E-state index in [2.05, 4.69) is 10.1 Å². The van der Waals surface area contributed by atoms with E-state index in [1.807, 2.05) is 0 Å². The van der Waals surface area contributed by atoms with Crippen molar-refractivity contribution in [3.05, 3.63) is 0 Å². The normalized spacial score (nSPS) is 11.3. The van der Waals surface area contributed by atoms with E-state index in [-0.39, 0.29) is 32.4 Å². The number of nitrogens with one attached hydrogen (secondary N) is 1. The van der Waals surface area contributed by atoms with Gasteiger partial charge in [-0.3, -0.25) is 9.59 Å². The molecule has 9 nitrogen and oxygen atoms in total. The number of carboxylic acid groups (broad SMARTS) is 2. The molecule has 0 saturated heterocycles. The van der Waals surface area contributed by atoms with Gasteiger partial charge in [0, 0.05) is 13.5 Å². The molecule has 0 aromatic heterocycles. The highest BCUT2D eigenvalue weighted by Crippen LogP contribution is 2.02. The average Bonchev–Trinajstić information content (AvgIpc) is 2.36. The Morgan fingerprint density at radius 1 is 1.24 bits per heavy atom. The topological polar surface area (TPSA) is 133 Å². The van der Waals surface area contributed by atoms with E-state index in [0.717, 1.165) is 4.90 Å². The number of esters is 1. The third-order valence-corrected chi connectivity index (χ3v) is 2.50. The van der Waals surface area contributed by atoms with Gasteiger partial charge in [-0.2, -0.15) is 0 Å². The fourth-order valence-electron chi connectivity index (χ4n) is 1.45. The first-order chi connectivity index (χ1) is 9.77. The van der Waals surface area contributed by atoms with Crippen LogP contribution in [0.5, 0.6) is 0 Å². The number of urea groups is 1. The molecule has 0 aromatic carbocycles. The van der Waals surface area contributed by atoms with Crippen LogP contribution in [0.3, 0.4) is 0 Å². The zero-order valence-corrected chi connectivity index (χ0v) is 12.0. The number of ether oxygens (including phenoxy) is 1. The van der Waals surface area contributed by atoms with E-state index in [1.165, 1.54) is 7.05 Å². The molecule has 0 aliphatic rings. The smallest absolute Gasteiger partial charge is 0.326 e. The monoisotopic (exact) mass is 304 g/mol. The van der Waals surface area contributed by atoms with Gasteiger partial charge in [0.05, 0.1) is 6.61 Å². The van der Waals surface area contributed by atoms with Gasteiger partial charge >= 0.3 is 23.9 Å². The Morgan fingerprint density at radius 3 is 2.33 bits per heavy atom. The first-order valence-corrected chi connectivity index (χ1v) is 6.39. The quantitative estimate of drug-likeness (QED) is 0.506. The highest BCUT2D eigenvalue weighted by Gasteiger charge is 2.22. The number of aliphatic carboxylic acids is 2. The minimum Gasteiger partial charge on any atom is -0.481 e. The molecule has 0 spiro atoms. The molecular formula is C12H20N2O7. The number of rotatable bonds is 9. The number of hydrogen-bond acceptors (Lipinski definition) is 5. The summed E-state index contributed by atoms with van der Waals surface area (Å²) in [5.74, 6) is -2.91. The van der Waals surface area contributed by atoms with Gasteiger partial charge in [-0.05, 0) is 19.8 Å². The molecule has 0 saturated carbocycles. The van der Waals surface area contributed by atoms with Crippen molar-refractivity contribution in [1.29, 1.82) is 0 Å². The summed E-state index contributed by atoms with van der Waals surface area (Å²) in [4.78, 5) is 45.3. The van der Waals surface area contributed by atoms with E-state index < -0.39 is 30.0 Å². The summed E-state index contributed by atoms with van der Waals surface area (Å²) >= 11 is 0. The summed E-state index contributed by atoms with van der Waals surface area (Å²) in [5, 5.41) is 19.7. The third-order valence-electron chi connectivity index (χ3n) is 2.50. The summed E-state index contributed by atoms with van der Waals surface area (Å²) in [6.45, 7) is 1.50. The predicted molar refractivity (Wildman–Crippen MR) is 70.7 cm³/mol. The van der Waals surface area contributed by atoms with E-state index in [9.17, 15) is 19.2 Å². The Balaban J connectivity index is 4.36. The molecule has 0 fully saturated rings. The van der Waals surface area contributed by atoms with Gasteiger partial charge in [0.15, 0.2) is 0 Å². The van der Waals surface area contributed by atoms with Crippen LogP contribution in [-0.2, 0) is 19.1 Å². The molecule has 120 valence electrons. The molecule has 0 aromatic rings. The maximum Gasteiger partial charge on any atom is 0.326 e. The Morgan fingerprint density at radius 2 is 1.86 bits per heavy atom. The van der Waals surface area contributed by atoms with Crippen molar-refractivity contribution >= 4 is 23.9 Å². The molecule has 0 unspecified atom stereocenters. The van der Waals surface area contributed by atoms with Crippen LogP contribution in [0.2, 0.25) is 0 Å². The highest BCUT2D eigenvalue weighted by atomic mass is 16.5. The number of hydrogen-bond donors (Lipinski definition) is 3. The second kappa shape index (κ2) is 9.56. The van der Waals surface area contributed by atoms with Gasteiger partial charge in [-0.15, -0.1) is 0 Å². The Labute approximate surface area is 121 Å². The maximum atomic E-state index is 11.7. The van der Waals surface area contributed by atoms with E-state index in [4.69, 9.17) is 10.2 Å². The van der Waals surface area contributed by atoms with Crippen LogP contribution in [0, 0.1) is 0 Å². The number of nitrogens with zero attached hydrogens (tertiary/aromatic N) is 1. The SMILES string of the molecule is CCOC(=O)CN(C)C(=O)N[C@H](CCCC(=O)O)C(=O)O. The molecule has 0 aliphatic heterocycles. The molecule has 21 heavy (non-hydrogen) atoms. The van der Waals surface area contributed by atoms with Gasteiger partial charge in [0.25, 0.3) is 0 Å². The van der Waals surface area contributed by atoms with Crippen LogP contribution >= 0.6 is 0 Å². The summed E-state index contributed by atoms with van der Waals surface area (Å²) < 4.78 is 4.66. The molecule has 0 heterocycles. The largest absolute Gasteiger partial charge is 0.481 e. The number of carbonyl (C=O) groups is 4. The number of likely N-dealkylation sites (N-methyl/N-ethyl adjacent to an activating group) is 1. The van der Waals surface area contributed by atoms with Crippen LogP contribution in [0.1, 0.15) is 26.2 Å². The number of carbonyl (C=O) groups excluding carboxylic acids is 2. The van der Waals surface area contributed by atoms with Crippen LogP contribution in [0.25, 0.3) is 0 Å². The Hall–Kier alpha value is -2.32. The van der Waals surface area contributed by atoms with Crippen molar-refractivity contribution in [2.24, 2.45) is 0 Å². The maximum absolute atomic E-state index is 11.7. The second-order valence-electron chi connectivity index (χ2n) is 4.29. The van der Waals surface area contributed by atoms with Crippen LogP contribution in [0.4, 0.5) is 4.79 Å². The lowest BCUT2D eigenvalue weighted by atomic mass is 10.1. The predicted octanol–water partition coefficient (Wildman–Crippen LogP) is -0.101. The molecule has 0 radical (unpaired) electrons. The summed E-state index contributed by atoms with van der Waals surface area (Å²) in [6, 6.07) is -1.95. The van der Waals surface area contributed by atoms with Gasteiger partial charge in [-0.25, -0.2) is 9.59 Å². The fourth-order valence-corrected chi connectivity index (χ4v) is 1.45. The zero-order valence-electron chi connectivity index (χ0n) is 12.0. The van der Waals surface area contributed by atoms with E-state index in [0.29, 0.717) is 0 Å². The van der Waals surface area contributed by atoms with Gasteiger partial charge in [0.1, 0.15) is 12.6 Å². The first kappa shape index (κ1) is 18.7. The number of carboxylic acids is 2. The Kier molecular flexibility index (Phi) is 8.51. The zero-order chi connectivity index (χ0) is 16.4. The van der Waals surface area contributed by atoms with Crippen LogP contribution < -0.4 is 5.32 Å². The molecule has 9 heteroatoms. The molecular weight excluding hydrogens is 284 g/mol. The Bertz CT molecular complexity index is 397. The lowest BCUT2D eigenvalue weighted by Crippen LogP contribution is -2.48. The van der Waals surface area contributed by atoms with Crippen molar-refractivity contribution < 1.29 is 34.1 Å². The van der Waals surface area contributed by atoms with Crippen molar-refractivity contribution in [2.45, 2.75) is 32.2 Å². The van der Waals surface area contributed by atoms with Gasteiger partial charge < -0.3 is 25.2 Å². The molecule has 0 bridgehead atoms. The lowest BCUT2D eigenvalue weighted by molar-refractivity contribution is -0.143. The second-order valence-corrected chi connectivity index (χ2v) is 4.29.